The summed E-state index contributed by atoms with van der Waals surface area (Å²) in [5, 5.41) is 0. The molecule has 0 heterocycles. The minimum atomic E-state index is -0.279. The van der Waals surface area contributed by atoms with E-state index >= 15 is 0 Å². The molecule has 0 N–H and O–H groups in total. The Balaban J connectivity index is 3.07. The molecule has 1 aromatic rings. The fourth-order valence-electron chi connectivity index (χ4n) is 1.31. The summed E-state index contributed by atoms with van der Waals surface area (Å²) in [6, 6.07) is 4.60. The molecule has 0 radical (unpaired) electrons. The van der Waals surface area contributed by atoms with Crippen molar-refractivity contribution in [3.8, 4) is 0 Å². The Kier molecular flexibility index (Phi) is 3.18. The average molecular weight is 180 g/mol. The Labute approximate surface area is 77.6 Å². The van der Waals surface area contributed by atoms with E-state index in [9.17, 15) is 9.18 Å². The molecule has 0 aromatic heterocycles. The molecule has 0 fully saturated rings. The molecule has 0 atom stereocenters. The predicted octanol–water partition coefficient (Wildman–Crippen LogP) is 2.84. The summed E-state index contributed by atoms with van der Waals surface area (Å²) in [4.78, 5) is 10.6. The summed E-state index contributed by atoms with van der Waals surface area (Å²) in [5.74, 6) is 0.0777. The van der Waals surface area contributed by atoms with Gasteiger partial charge in [0.25, 0.3) is 0 Å². The maximum Gasteiger partial charge on any atom is 0.150 e. The Morgan fingerprint density at radius 3 is 2.69 bits per heavy atom. The molecule has 0 aliphatic heterocycles. The van der Waals surface area contributed by atoms with Gasteiger partial charge < -0.3 is 0 Å². The zero-order valence-corrected chi connectivity index (χ0v) is 7.88. The number of aldehydes is 1. The maximum atomic E-state index is 13.2. The third kappa shape index (κ3) is 2.38. The van der Waals surface area contributed by atoms with E-state index in [2.05, 4.69) is 0 Å². The summed E-state index contributed by atoms with van der Waals surface area (Å²) < 4.78 is 13.2. The predicted molar refractivity (Wildman–Crippen MR) is 50.3 cm³/mol. The molecule has 0 saturated carbocycles. The fourth-order valence-corrected chi connectivity index (χ4v) is 1.31. The lowest BCUT2D eigenvalue weighted by Crippen LogP contribution is -2.01. The monoisotopic (exact) mass is 180 g/mol. The molecule has 0 bridgehead atoms. The van der Waals surface area contributed by atoms with E-state index in [-0.39, 0.29) is 5.82 Å². The Morgan fingerprint density at radius 1 is 1.46 bits per heavy atom. The summed E-state index contributed by atoms with van der Waals surface area (Å²) in [5.41, 5.74) is 1.00. The molecule has 0 unspecified atom stereocenters. The van der Waals surface area contributed by atoms with Crippen LogP contribution in [0.2, 0.25) is 0 Å². The third-order valence-electron chi connectivity index (χ3n) is 1.89. The Morgan fingerprint density at radius 2 is 2.15 bits per heavy atom. The number of carbonyl (C=O) groups excluding carboxylic acids is 1. The van der Waals surface area contributed by atoms with Crippen molar-refractivity contribution in [1.82, 2.24) is 0 Å². The van der Waals surface area contributed by atoms with Gasteiger partial charge in [0.05, 0.1) is 0 Å². The lowest BCUT2D eigenvalue weighted by atomic mass is 9.98. The molecule has 0 amide bonds. The van der Waals surface area contributed by atoms with E-state index in [1.807, 2.05) is 13.8 Å². The Hall–Kier alpha value is -1.18. The van der Waals surface area contributed by atoms with Crippen molar-refractivity contribution in [2.45, 2.75) is 20.3 Å². The number of hydrogen-bond acceptors (Lipinski definition) is 1. The molecule has 70 valence electrons. The standard InChI is InChI=1S/C11H13FO/c1-8(2)6-10-9(7-13)4-3-5-11(10)12/h3-5,7-8H,6H2,1-2H3. The summed E-state index contributed by atoms with van der Waals surface area (Å²) in [6.07, 6.45) is 1.32. The zero-order valence-electron chi connectivity index (χ0n) is 7.88. The average Bonchev–Trinajstić information content (AvgIpc) is 2.08. The van der Waals surface area contributed by atoms with Crippen LogP contribution in [0.15, 0.2) is 18.2 Å². The van der Waals surface area contributed by atoms with Gasteiger partial charge >= 0.3 is 0 Å². The lowest BCUT2D eigenvalue weighted by molar-refractivity contribution is 0.112. The molecule has 0 saturated heterocycles. The van der Waals surface area contributed by atoms with E-state index < -0.39 is 0 Å². The summed E-state index contributed by atoms with van der Waals surface area (Å²) in [7, 11) is 0. The zero-order chi connectivity index (χ0) is 9.84. The smallest absolute Gasteiger partial charge is 0.150 e. The van der Waals surface area contributed by atoms with Crippen LogP contribution in [0, 0.1) is 11.7 Å². The molecule has 1 aromatic carbocycles. The minimum absolute atomic E-state index is 0.279. The van der Waals surface area contributed by atoms with E-state index in [1.54, 1.807) is 12.1 Å². The van der Waals surface area contributed by atoms with E-state index in [0.29, 0.717) is 29.8 Å². The number of carbonyl (C=O) groups is 1. The molecular formula is C11H13FO. The van der Waals surface area contributed by atoms with Gasteiger partial charge in [-0.25, -0.2) is 4.39 Å². The maximum absolute atomic E-state index is 13.2. The van der Waals surface area contributed by atoms with Crippen LogP contribution in [-0.2, 0) is 6.42 Å². The van der Waals surface area contributed by atoms with Crippen LogP contribution >= 0.6 is 0 Å². The van der Waals surface area contributed by atoms with Crippen LogP contribution in [0.4, 0.5) is 4.39 Å². The molecule has 2 heteroatoms. The molecule has 13 heavy (non-hydrogen) atoms. The van der Waals surface area contributed by atoms with Gasteiger partial charge in [-0.05, 0) is 24.0 Å². The first-order valence-electron chi connectivity index (χ1n) is 4.37. The van der Waals surface area contributed by atoms with Crippen LogP contribution in [0.5, 0.6) is 0 Å². The largest absolute Gasteiger partial charge is 0.298 e. The SMILES string of the molecule is CC(C)Cc1c(F)cccc1C=O. The number of hydrogen-bond donors (Lipinski definition) is 0. The third-order valence-corrected chi connectivity index (χ3v) is 1.89. The number of halogens is 1. The first kappa shape index (κ1) is 9.90. The van der Waals surface area contributed by atoms with Crippen LogP contribution in [0.3, 0.4) is 0 Å². The molecule has 0 aliphatic carbocycles. The lowest BCUT2D eigenvalue weighted by Gasteiger charge is -2.08. The second-order valence-electron chi connectivity index (χ2n) is 3.52. The topological polar surface area (TPSA) is 17.1 Å². The highest BCUT2D eigenvalue weighted by molar-refractivity contribution is 5.77. The highest BCUT2D eigenvalue weighted by Gasteiger charge is 2.08. The second kappa shape index (κ2) is 4.17. The van der Waals surface area contributed by atoms with Gasteiger partial charge in [-0.2, -0.15) is 0 Å². The van der Waals surface area contributed by atoms with Crippen molar-refractivity contribution in [1.29, 1.82) is 0 Å². The fraction of sp³-hybridized carbons (Fsp3) is 0.364. The first-order chi connectivity index (χ1) is 6.15. The molecule has 1 nitrogen and oxygen atoms in total. The van der Waals surface area contributed by atoms with Crippen LogP contribution in [0.1, 0.15) is 29.8 Å². The van der Waals surface area contributed by atoms with Gasteiger partial charge in [-0.15, -0.1) is 0 Å². The van der Waals surface area contributed by atoms with Crippen molar-refractivity contribution in [2.24, 2.45) is 5.92 Å². The molecule has 1 rings (SSSR count). The van der Waals surface area contributed by atoms with Crippen LogP contribution in [-0.4, -0.2) is 6.29 Å². The second-order valence-corrected chi connectivity index (χ2v) is 3.52. The van der Waals surface area contributed by atoms with Crippen molar-refractivity contribution >= 4 is 6.29 Å². The number of benzene rings is 1. The normalized spacial score (nSPS) is 10.5. The highest BCUT2D eigenvalue weighted by atomic mass is 19.1. The minimum Gasteiger partial charge on any atom is -0.298 e. The van der Waals surface area contributed by atoms with Crippen LogP contribution < -0.4 is 0 Å². The van der Waals surface area contributed by atoms with E-state index in [1.165, 1.54) is 6.07 Å². The van der Waals surface area contributed by atoms with Gasteiger partial charge in [0.15, 0.2) is 0 Å². The van der Waals surface area contributed by atoms with Crippen molar-refractivity contribution in [2.75, 3.05) is 0 Å². The first-order valence-corrected chi connectivity index (χ1v) is 4.37. The van der Waals surface area contributed by atoms with E-state index in [4.69, 9.17) is 0 Å². The quantitative estimate of drug-likeness (QED) is 0.654. The van der Waals surface area contributed by atoms with Gasteiger partial charge in [-0.3, -0.25) is 4.79 Å². The summed E-state index contributed by atoms with van der Waals surface area (Å²) >= 11 is 0. The van der Waals surface area contributed by atoms with Crippen LogP contribution in [0.25, 0.3) is 0 Å². The van der Waals surface area contributed by atoms with Gasteiger partial charge in [0.1, 0.15) is 12.1 Å². The van der Waals surface area contributed by atoms with Gasteiger partial charge in [-0.1, -0.05) is 26.0 Å². The van der Waals surface area contributed by atoms with Crippen molar-refractivity contribution in [3.63, 3.8) is 0 Å². The number of rotatable bonds is 3. The Bertz CT molecular complexity index is 305. The van der Waals surface area contributed by atoms with E-state index in [0.717, 1.165) is 0 Å². The summed E-state index contributed by atoms with van der Waals surface area (Å²) in [6.45, 7) is 4.00. The van der Waals surface area contributed by atoms with Crippen molar-refractivity contribution < 1.29 is 9.18 Å². The molecule has 0 spiro atoms. The van der Waals surface area contributed by atoms with Crippen molar-refractivity contribution in [3.05, 3.63) is 35.1 Å². The van der Waals surface area contributed by atoms with Gasteiger partial charge in [0, 0.05) is 5.56 Å². The highest BCUT2D eigenvalue weighted by Crippen LogP contribution is 2.16. The van der Waals surface area contributed by atoms with Gasteiger partial charge in [0.2, 0.25) is 0 Å². The molecular weight excluding hydrogens is 167 g/mol. The molecule has 0 aliphatic rings.